The molecule has 0 spiro atoms. The van der Waals surface area contributed by atoms with E-state index in [4.69, 9.17) is 5.73 Å². The first kappa shape index (κ1) is 12.9. The van der Waals surface area contributed by atoms with E-state index in [0.717, 1.165) is 36.7 Å². The highest BCUT2D eigenvalue weighted by molar-refractivity contribution is 5.64. The van der Waals surface area contributed by atoms with Gasteiger partial charge in [-0.05, 0) is 25.7 Å². The van der Waals surface area contributed by atoms with Crippen molar-refractivity contribution in [2.75, 3.05) is 17.6 Å². The molecule has 0 amide bonds. The van der Waals surface area contributed by atoms with Gasteiger partial charge in [-0.3, -0.25) is 0 Å². The van der Waals surface area contributed by atoms with Crippen LogP contribution in [0.15, 0.2) is 0 Å². The van der Waals surface area contributed by atoms with E-state index in [-0.39, 0.29) is 0 Å². The Hall–Kier alpha value is -1.19. The lowest BCUT2D eigenvalue weighted by Gasteiger charge is -2.19. The van der Waals surface area contributed by atoms with Crippen LogP contribution in [-0.2, 0) is 6.54 Å². The zero-order chi connectivity index (χ0) is 12.3. The molecule has 1 rings (SSSR count). The number of nitrogens with zero attached hydrogens (tertiary/aromatic N) is 2. The largest absolute Gasteiger partial charge is 0.394 e. The van der Waals surface area contributed by atoms with Crippen LogP contribution in [-0.4, -0.2) is 16.3 Å². The summed E-state index contributed by atoms with van der Waals surface area (Å²) in [6.07, 6.45) is 1.11. The van der Waals surface area contributed by atoms with E-state index in [2.05, 4.69) is 38.1 Å². The van der Waals surface area contributed by atoms with Crippen LogP contribution in [0, 0.1) is 12.3 Å². The van der Waals surface area contributed by atoms with Crippen molar-refractivity contribution in [3.05, 3.63) is 5.69 Å². The molecule has 4 nitrogen and oxygen atoms in total. The average molecular weight is 224 g/mol. The van der Waals surface area contributed by atoms with Crippen LogP contribution >= 0.6 is 0 Å². The number of anilines is 2. The number of nitrogens with two attached hydrogens (primary N) is 1. The summed E-state index contributed by atoms with van der Waals surface area (Å²) in [5, 5.41) is 7.76. The summed E-state index contributed by atoms with van der Waals surface area (Å²) in [7, 11) is 0. The van der Waals surface area contributed by atoms with Gasteiger partial charge < -0.3 is 11.1 Å². The third kappa shape index (κ3) is 3.15. The van der Waals surface area contributed by atoms with Crippen LogP contribution in [0.2, 0.25) is 0 Å². The Bertz CT molecular complexity index is 347. The molecule has 4 heteroatoms. The van der Waals surface area contributed by atoms with Crippen LogP contribution in [0.3, 0.4) is 0 Å². The number of rotatable bonds is 4. The summed E-state index contributed by atoms with van der Waals surface area (Å²) >= 11 is 0. The Morgan fingerprint density at radius 3 is 2.50 bits per heavy atom. The molecule has 0 aromatic carbocycles. The molecular formula is C12H24N4. The first-order valence-corrected chi connectivity index (χ1v) is 5.92. The van der Waals surface area contributed by atoms with Crippen LogP contribution < -0.4 is 11.1 Å². The Morgan fingerprint density at radius 1 is 1.38 bits per heavy atom. The van der Waals surface area contributed by atoms with Gasteiger partial charge >= 0.3 is 0 Å². The maximum Gasteiger partial charge on any atom is 0.148 e. The number of nitrogen functional groups attached to an aromatic ring is 1. The second-order valence-electron chi connectivity index (χ2n) is 5.40. The molecule has 0 atom stereocenters. The SMILES string of the molecule is CCn1nc(C)c(N)c1NCCC(C)(C)C. The maximum absolute atomic E-state index is 5.98. The molecule has 0 unspecified atom stereocenters. The van der Waals surface area contributed by atoms with Gasteiger partial charge in [0.05, 0.1) is 11.4 Å². The Labute approximate surface area is 98.2 Å². The van der Waals surface area contributed by atoms with Crippen molar-refractivity contribution in [3.63, 3.8) is 0 Å². The lowest BCUT2D eigenvalue weighted by molar-refractivity contribution is 0.389. The summed E-state index contributed by atoms with van der Waals surface area (Å²) in [4.78, 5) is 0. The lowest BCUT2D eigenvalue weighted by atomic mass is 9.92. The normalized spacial score (nSPS) is 11.8. The van der Waals surface area contributed by atoms with Gasteiger partial charge in [-0.15, -0.1) is 0 Å². The van der Waals surface area contributed by atoms with Gasteiger partial charge in [0.25, 0.3) is 0 Å². The van der Waals surface area contributed by atoms with Crippen LogP contribution in [0.4, 0.5) is 11.5 Å². The quantitative estimate of drug-likeness (QED) is 0.826. The molecule has 0 saturated heterocycles. The molecule has 92 valence electrons. The summed E-state index contributed by atoms with van der Waals surface area (Å²) in [5.41, 5.74) is 8.00. The molecule has 0 aliphatic carbocycles. The smallest absolute Gasteiger partial charge is 0.148 e. The molecule has 0 aliphatic heterocycles. The molecule has 16 heavy (non-hydrogen) atoms. The molecule has 0 aliphatic rings. The summed E-state index contributed by atoms with van der Waals surface area (Å²) in [5.74, 6) is 0.962. The van der Waals surface area contributed by atoms with E-state index in [1.54, 1.807) is 0 Å². The minimum Gasteiger partial charge on any atom is -0.394 e. The van der Waals surface area contributed by atoms with E-state index in [1.165, 1.54) is 0 Å². The number of hydrogen-bond donors (Lipinski definition) is 2. The van der Waals surface area contributed by atoms with Crippen molar-refractivity contribution in [2.45, 2.75) is 47.6 Å². The molecule has 0 bridgehead atoms. The van der Waals surface area contributed by atoms with Crippen molar-refractivity contribution in [1.29, 1.82) is 0 Å². The first-order chi connectivity index (χ1) is 7.35. The van der Waals surface area contributed by atoms with Gasteiger partial charge in [-0.25, -0.2) is 4.68 Å². The topological polar surface area (TPSA) is 55.9 Å². The zero-order valence-corrected chi connectivity index (χ0v) is 11.1. The minimum absolute atomic E-state index is 0.341. The van der Waals surface area contributed by atoms with Gasteiger partial charge in [0, 0.05) is 13.1 Å². The summed E-state index contributed by atoms with van der Waals surface area (Å²) in [6, 6.07) is 0. The summed E-state index contributed by atoms with van der Waals surface area (Å²) < 4.78 is 1.92. The van der Waals surface area contributed by atoms with E-state index < -0.39 is 0 Å². The van der Waals surface area contributed by atoms with Crippen molar-refractivity contribution in [1.82, 2.24) is 9.78 Å². The van der Waals surface area contributed by atoms with E-state index in [0.29, 0.717) is 5.41 Å². The first-order valence-electron chi connectivity index (χ1n) is 5.92. The molecule has 3 N–H and O–H groups in total. The monoisotopic (exact) mass is 224 g/mol. The predicted molar refractivity (Wildman–Crippen MR) is 69.6 cm³/mol. The Morgan fingerprint density at radius 2 is 2.00 bits per heavy atom. The molecule has 0 radical (unpaired) electrons. The molecular weight excluding hydrogens is 200 g/mol. The third-order valence-corrected chi connectivity index (χ3v) is 2.64. The van der Waals surface area contributed by atoms with Crippen molar-refractivity contribution < 1.29 is 0 Å². The van der Waals surface area contributed by atoms with Gasteiger partial charge in [-0.2, -0.15) is 5.10 Å². The van der Waals surface area contributed by atoms with Gasteiger partial charge in [0.2, 0.25) is 0 Å². The third-order valence-electron chi connectivity index (χ3n) is 2.64. The van der Waals surface area contributed by atoms with Crippen LogP contribution in [0.5, 0.6) is 0 Å². The predicted octanol–water partition coefficient (Wildman–Crippen LogP) is 2.64. The highest BCUT2D eigenvalue weighted by Gasteiger charge is 2.13. The zero-order valence-electron chi connectivity index (χ0n) is 11.1. The fourth-order valence-corrected chi connectivity index (χ4v) is 1.57. The fourth-order valence-electron chi connectivity index (χ4n) is 1.57. The fraction of sp³-hybridized carbons (Fsp3) is 0.750. The van der Waals surface area contributed by atoms with Gasteiger partial charge in [0.1, 0.15) is 5.82 Å². The van der Waals surface area contributed by atoms with Crippen LogP contribution in [0.25, 0.3) is 0 Å². The Kier molecular flexibility index (Phi) is 3.83. The van der Waals surface area contributed by atoms with Crippen molar-refractivity contribution in [3.8, 4) is 0 Å². The second kappa shape index (κ2) is 4.76. The van der Waals surface area contributed by atoms with Crippen molar-refractivity contribution >= 4 is 11.5 Å². The minimum atomic E-state index is 0.341. The number of aryl methyl sites for hydroxylation is 2. The van der Waals surface area contributed by atoms with Gasteiger partial charge in [0.15, 0.2) is 0 Å². The van der Waals surface area contributed by atoms with E-state index >= 15 is 0 Å². The number of aromatic nitrogens is 2. The molecule has 0 fully saturated rings. The van der Waals surface area contributed by atoms with Gasteiger partial charge in [-0.1, -0.05) is 20.8 Å². The number of hydrogen-bond acceptors (Lipinski definition) is 3. The van der Waals surface area contributed by atoms with E-state index in [9.17, 15) is 0 Å². The van der Waals surface area contributed by atoms with E-state index in [1.807, 2.05) is 11.6 Å². The maximum atomic E-state index is 5.98. The molecule has 1 heterocycles. The highest BCUT2D eigenvalue weighted by atomic mass is 15.3. The van der Waals surface area contributed by atoms with Crippen LogP contribution in [0.1, 0.15) is 39.8 Å². The Balaban J connectivity index is 2.66. The van der Waals surface area contributed by atoms with Crippen molar-refractivity contribution in [2.24, 2.45) is 5.41 Å². The standard InChI is InChI=1S/C12H24N4/c1-6-16-11(10(13)9(2)15-16)14-8-7-12(3,4)5/h14H,6-8,13H2,1-5H3. The number of nitrogens with one attached hydrogen (secondary N) is 1. The molecule has 1 aromatic heterocycles. The molecule has 1 aromatic rings. The second-order valence-corrected chi connectivity index (χ2v) is 5.40. The average Bonchev–Trinajstić information content (AvgIpc) is 2.43. The summed E-state index contributed by atoms with van der Waals surface area (Å²) in [6.45, 7) is 12.5. The highest BCUT2D eigenvalue weighted by Crippen LogP contribution is 2.23. The lowest BCUT2D eigenvalue weighted by Crippen LogP contribution is -2.15. The molecule has 0 saturated carbocycles.